The molecule has 0 spiro atoms. The Kier molecular flexibility index (Phi) is 12.1. The van der Waals surface area contributed by atoms with Crippen LogP contribution in [-0.2, 0) is 38.0 Å². The normalized spacial score (nSPS) is 12.4. The number of hydrogen-bond acceptors (Lipinski definition) is 4. The largest absolute Gasteiger partial charge is 0.354 e. The highest BCUT2D eigenvalue weighted by atomic mass is 35.5. The zero-order valence-corrected chi connectivity index (χ0v) is 27.8. The number of halogens is 2. The lowest BCUT2D eigenvalue weighted by atomic mass is 9.87. The van der Waals surface area contributed by atoms with Gasteiger partial charge in [0.2, 0.25) is 21.8 Å². The van der Waals surface area contributed by atoms with Gasteiger partial charge in [-0.3, -0.25) is 13.9 Å². The van der Waals surface area contributed by atoms with Crippen LogP contribution in [0.1, 0.15) is 57.2 Å². The van der Waals surface area contributed by atoms with Gasteiger partial charge < -0.3 is 10.2 Å². The summed E-state index contributed by atoms with van der Waals surface area (Å²) < 4.78 is 27.1. The van der Waals surface area contributed by atoms with Crippen LogP contribution in [0, 0.1) is 0 Å². The first kappa shape index (κ1) is 34.4. The monoisotopic (exact) mass is 645 g/mol. The summed E-state index contributed by atoms with van der Waals surface area (Å²) in [7, 11) is -3.86. The quantitative estimate of drug-likeness (QED) is 0.212. The zero-order chi connectivity index (χ0) is 31.8. The smallest absolute Gasteiger partial charge is 0.244 e. The van der Waals surface area contributed by atoms with Gasteiger partial charge in [-0.25, -0.2) is 8.42 Å². The average molecular weight is 647 g/mol. The Balaban J connectivity index is 2.06. The number of nitrogens with one attached hydrogen (secondary N) is 1. The topological polar surface area (TPSA) is 86.8 Å². The van der Waals surface area contributed by atoms with E-state index in [-0.39, 0.29) is 24.3 Å². The maximum absolute atomic E-state index is 14.2. The van der Waals surface area contributed by atoms with E-state index in [9.17, 15) is 18.0 Å². The molecule has 43 heavy (non-hydrogen) atoms. The van der Waals surface area contributed by atoms with E-state index < -0.39 is 28.5 Å². The lowest BCUT2D eigenvalue weighted by Crippen LogP contribution is -2.53. The SMILES string of the molecule is CCCCNC(=O)[C@@H](Cc1ccccc1)N(Cc1ccc(Cl)cc1Cl)C(=O)CN(c1ccc(C(C)(C)C)cc1)S(C)(=O)=O. The molecule has 7 nitrogen and oxygen atoms in total. The Morgan fingerprint density at radius 2 is 1.60 bits per heavy atom. The van der Waals surface area contributed by atoms with Crippen LogP contribution in [0.25, 0.3) is 0 Å². The lowest BCUT2D eigenvalue weighted by molar-refractivity contribution is -0.140. The molecule has 232 valence electrons. The second kappa shape index (κ2) is 15.1. The van der Waals surface area contributed by atoms with E-state index in [2.05, 4.69) is 26.1 Å². The summed E-state index contributed by atoms with van der Waals surface area (Å²) >= 11 is 12.7. The van der Waals surface area contributed by atoms with Gasteiger partial charge in [-0.1, -0.05) is 106 Å². The van der Waals surface area contributed by atoms with Crippen molar-refractivity contribution < 1.29 is 18.0 Å². The van der Waals surface area contributed by atoms with Crippen molar-refractivity contribution in [2.45, 2.75) is 65.0 Å². The number of sulfonamides is 1. The van der Waals surface area contributed by atoms with Crippen molar-refractivity contribution in [2.75, 3.05) is 23.7 Å². The highest BCUT2D eigenvalue weighted by molar-refractivity contribution is 7.92. The highest BCUT2D eigenvalue weighted by Gasteiger charge is 2.33. The first-order chi connectivity index (χ1) is 20.2. The van der Waals surface area contributed by atoms with Crippen molar-refractivity contribution in [1.29, 1.82) is 0 Å². The van der Waals surface area contributed by atoms with E-state index in [0.29, 0.717) is 27.8 Å². The fourth-order valence-electron chi connectivity index (χ4n) is 4.63. The number of anilines is 1. The molecule has 0 unspecified atom stereocenters. The number of unbranched alkanes of at least 4 members (excludes halogenated alkanes) is 1. The first-order valence-corrected chi connectivity index (χ1v) is 16.9. The van der Waals surface area contributed by atoms with E-state index in [1.807, 2.05) is 49.4 Å². The molecule has 1 atom stereocenters. The number of carbonyl (C=O) groups excluding carboxylic acids is 2. The molecule has 0 aliphatic carbocycles. The van der Waals surface area contributed by atoms with Crippen molar-refractivity contribution in [3.8, 4) is 0 Å². The molecule has 0 fully saturated rings. The van der Waals surface area contributed by atoms with Gasteiger partial charge in [0.15, 0.2) is 0 Å². The van der Waals surface area contributed by atoms with Crippen molar-refractivity contribution in [2.24, 2.45) is 0 Å². The molecule has 1 N–H and O–H groups in total. The third-order valence-electron chi connectivity index (χ3n) is 7.16. The predicted octanol–water partition coefficient (Wildman–Crippen LogP) is 6.61. The lowest BCUT2D eigenvalue weighted by Gasteiger charge is -2.34. The number of rotatable bonds is 13. The molecule has 3 aromatic rings. The van der Waals surface area contributed by atoms with Crippen molar-refractivity contribution in [3.05, 3.63) is 99.5 Å². The molecule has 2 amide bonds. The number of carbonyl (C=O) groups is 2. The van der Waals surface area contributed by atoms with E-state index >= 15 is 0 Å². The standard InChI is InChI=1S/C33H41Cl2N3O4S/c1-6-7-19-36-32(40)30(20-24-11-9-8-10-12-24)37(22-25-13-16-27(34)21-29(25)35)31(39)23-38(43(5,41)42)28-17-14-26(15-18-28)33(2,3)4/h8-18,21,30H,6-7,19-20,22-23H2,1-5H3,(H,36,40)/t30-/m1/s1. The maximum atomic E-state index is 14.2. The fraction of sp³-hybridized carbons (Fsp3) is 0.394. The van der Waals surface area contributed by atoms with Gasteiger partial charge in [-0.05, 0) is 52.8 Å². The summed E-state index contributed by atoms with van der Waals surface area (Å²) in [5.41, 5.74) is 2.70. The summed E-state index contributed by atoms with van der Waals surface area (Å²) in [6.45, 7) is 8.18. The van der Waals surface area contributed by atoms with Gasteiger partial charge in [-0.2, -0.15) is 0 Å². The summed E-state index contributed by atoms with van der Waals surface area (Å²) in [4.78, 5) is 29.3. The molecule has 0 aliphatic rings. The first-order valence-electron chi connectivity index (χ1n) is 14.3. The number of benzene rings is 3. The van der Waals surface area contributed by atoms with Gasteiger partial charge >= 0.3 is 0 Å². The van der Waals surface area contributed by atoms with Gasteiger partial charge in [0.05, 0.1) is 11.9 Å². The van der Waals surface area contributed by atoms with Crippen LogP contribution >= 0.6 is 23.2 Å². The van der Waals surface area contributed by atoms with E-state index in [0.717, 1.165) is 34.5 Å². The molecule has 10 heteroatoms. The molecule has 3 rings (SSSR count). The third-order valence-corrected chi connectivity index (χ3v) is 8.88. The molecule has 0 saturated carbocycles. The average Bonchev–Trinajstić information content (AvgIpc) is 2.94. The molecular weight excluding hydrogens is 605 g/mol. The minimum absolute atomic E-state index is 0.0197. The summed E-state index contributed by atoms with van der Waals surface area (Å²) in [5.74, 6) is -0.862. The van der Waals surface area contributed by atoms with E-state index in [1.165, 1.54) is 4.90 Å². The van der Waals surface area contributed by atoms with Crippen LogP contribution in [0.3, 0.4) is 0 Å². The molecular formula is C33H41Cl2N3O4S. The molecule has 0 aliphatic heterocycles. The fourth-order valence-corrected chi connectivity index (χ4v) is 5.95. The van der Waals surface area contributed by atoms with E-state index in [4.69, 9.17) is 23.2 Å². The van der Waals surface area contributed by atoms with Crippen LogP contribution < -0.4 is 9.62 Å². The zero-order valence-electron chi connectivity index (χ0n) is 25.4. The molecule has 0 radical (unpaired) electrons. The number of nitrogens with zero attached hydrogens (tertiary/aromatic N) is 2. The molecule has 0 heterocycles. The minimum Gasteiger partial charge on any atom is -0.354 e. The summed E-state index contributed by atoms with van der Waals surface area (Å²) in [6.07, 6.45) is 2.98. The molecule has 0 bridgehead atoms. The maximum Gasteiger partial charge on any atom is 0.244 e. The third kappa shape index (κ3) is 9.98. The van der Waals surface area contributed by atoms with Gasteiger partial charge in [0.1, 0.15) is 12.6 Å². The van der Waals surface area contributed by atoms with Crippen molar-refractivity contribution >= 4 is 50.7 Å². The van der Waals surface area contributed by atoms with Crippen LogP contribution in [0.2, 0.25) is 10.0 Å². The molecule has 3 aromatic carbocycles. The Hall–Kier alpha value is -3.07. The molecule has 0 saturated heterocycles. The van der Waals surface area contributed by atoms with Crippen LogP contribution in [0.4, 0.5) is 5.69 Å². The Labute approximate surface area is 266 Å². The summed E-state index contributed by atoms with van der Waals surface area (Å²) in [6, 6.07) is 20.6. The minimum atomic E-state index is -3.86. The van der Waals surface area contributed by atoms with Gasteiger partial charge in [0.25, 0.3) is 0 Å². The second-order valence-corrected chi connectivity index (χ2v) is 14.4. The van der Waals surface area contributed by atoms with E-state index in [1.54, 1.807) is 30.3 Å². The Morgan fingerprint density at radius 1 is 0.953 bits per heavy atom. The Morgan fingerprint density at radius 3 is 2.16 bits per heavy atom. The predicted molar refractivity (Wildman–Crippen MR) is 176 cm³/mol. The van der Waals surface area contributed by atoms with Gasteiger partial charge in [-0.15, -0.1) is 0 Å². The number of hydrogen-bond donors (Lipinski definition) is 1. The van der Waals surface area contributed by atoms with Crippen LogP contribution in [0.5, 0.6) is 0 Å². The van der Waals surface area contributed by atoms with Crippen LogP contribution in [0.15, 0.2) is 72.8 Å². The number of amides is 2. The second-order valence-electron chi connectivity index (χ2n) is 11.7. The highest BCUT2D eigenvalue weighted by Crippen LogP contribution is 2.27. The molecule has 0 aromatic heterocycles. The summed E-state index contributed by atoms with van der Waals surface area (Å²) in [5, 5.41) is 3.74. The van der Waals surface area contributed by atoms with Crippen molar-refractivity contribution in [3.63, 3.8) is 0 Å². The van der Waals surface area contributed by atoms with Crippen LogP contribution in [-0.4, -0.2) is 50.5 Å². The Bertz CT molecular complexity index is 1490. The van der Waals surface area contributed by atoms with Gasteiger partial charge in [0, 0.05) is 29.6 Å². The van der Waals surface area contributed by atoms with Crippen molar-refractivity contribution in [1.82, 2.24) is 10.2 Å².